The van der Waals surface area contributed by atoms with E-state index in [2.05, 4.69) is 0 Å². The van der Waals surface area contributed by atoms with Gasteiger partial charge in [-0.2, -0.15) is 0 Å². The summed E-state index contributed by atoms with van der Waals surface area (Å²) in [5.41, 5.74) is -0.498. The molecular weight excluding hydrogens is 216 g/mol. The molecule has 98 valence electrons. The normalized spacial score (nSPS) is 17.8. The quantitative estimate of drug-likeness (QED) is 0.559. The molecule has 0 atom stereocenters. The Morgan fingerprint density at radius 1 is 1.12 bits per heavy atom. The van der Waals surface area contributed by atoms with E-state index in [1.807, 2.05) is 20.8 Å². The Kier molecular flexibility index (Phi) is 5.16. The molecule has 0 bridgehead atoms. The van der Waals surface area contributed by atoms with Gasteiger partial charge in [0.25, 0.3) is 0 Å². The molecule has 17 heavy (non-hydrogen) atoms. The van der Waals surface area contributed by atoms with E-state index in [9.17, 15) is 9.59 Å². The molecule has 3 nitrogen and oxygen atoms in total. The summed E-state index contributed by atoms with van der Waals surface area (Å²) in [5, 5.41) is 0. The zero-order chi connectivity index (χ0) is 12.9. The van der Waals surface area contributed by atoms with Gasteiger partial charge in [-0.3, -0.25) is 9.59 Å². The molecule has 0 aromatic rings. The molecule has 0 spiro atoms. The van der Waals surface area contributed by atoms with Crippen LogP contribution in [-0.2, 0) is 14.3 Å². The van der Waals surface area contributed by atoms with Gasteiger partial charge in [-0.1, -0.05) is 32.1 Å². The third-order valence-electron chi connectivity index (χ3n) is 3.00. The van der Waals surface area contributed by atoms with E-state index >= 15 is 0 Å². The van der Waals surface area contributed by atoms with Crippen LogP contribution in [0.5, 0.6) is 0 Å². The maximum atomic E-state index is 11.7. The van der Waals surface area contributed by atoms with Gasteiger partial charge in [0, 0.05) is 6.42 Å². The third kappa shape index (κ3) is 6.44. The van der Waals surface area contributed by atoms with Crippen molar-refractivity contribution in [3.63, 3.8) is 0 Å². The number of rotatable bonds is 4. The van der Waals surface area contributed by atoms with Gasteiger partial charge < -0.3 is 4.74 Å². The molecule has 1 aliphatic carbocycles. The lowest BCUT2D eigenvalue weighted by atomic mass is 9.85. The third-order valence-corrected chi connectivity index (χ3v) is 3.00. The van der Waals surface area contributed by atoms with E-state index in [1.165, 1.54) is 19.3 Å². The van der Waals surface area contributed by atoms with Crippen molar-refractivity contribution >= 4 is 11.8 Å². The van der Waals surface area contributed by atoms with Crippen LogP contribution in [0.3, 0.4) is 0 Å². The molecule has 0 saturated heterocycles. The van der Waals surface area contributed by atoms with Crippen molar-refractivity contribution in [1.82, 2.24) is 0 Å². The Bertz CT molecular complexity index is 270. The number of esters is 1. The van der Waals surface area contributed by atoms with Crippen LogP contribution < -0.4 is 0 Å². The van der Waals surface area contributed by atoms with Gasteiger partial charge in [-0.15, -0.1) is 0 Å². The molecule has 0 aromatic heterocycles. The number of ketones is 1. The summed E-state index contributed by atoms with van der Waals surface area (Å²) < 4.78 is 5.14. The molecular formula is C14H24O3. The summed E-state index contributed by atoms with van der Waals surface area (Å²) >= 11 is 0. The van der Waals surface area contributed by atoms with Crippen LogP contribution in [0.2, 0.25) is 0 Å². The van der Waals surface area contributed by atoms with Crippen LogP contribution in [-0.4, -0.2) is 17.4 Å². The molecule has 0 aromatic carbocycles. The first kappa shape index (κ1) is 14.2. The molecule has 0 aliphatic heterocycles. The average molecular weight is 240 g/mol. The van der Waals surface area contributed by atoms with Crippen LogP contribution >= 0.6 is 0 Å². The van der Waals surface area contributed by atoms with E-state index in [4.69, 9.17) is 4.74 Å². The fourth-order valence-corrected chi connectivity index (χ4v) is 2.32. The van der Waals surface area contributed by atoms with Crippen LogP contribution in [0.4, 0.5) is 0 Å². The molecule has 3 heteroatoms. The number of hydrogen-bond donors (Lipinski definition) is 0. The number of ether oxygens (including phenoxy) is 1. The van der Waals surface area contributed by atoms with E-state index in [0.29, 0.717) is 12.3 Å². The van der Waals surface area contributed by atoms with Crippen molar-refractivity contribution in [2.24, 2.45) is 5.92 Å². The highest BCUT2D eigenvalue weighted by molar-refractivity contribution is 5.95. The van der Waals surface area contributed by atoms with E-state index in [-0.39, 0.29) is 12.2 Å². The lowest BCUT2D eigenvalue weighted by Gasteiger charge is -2.21. The maximum absolute atomic E-state index is 11.7. The fraction of sp³-hybridized carbons (Fsp3) is 0.857. The lowest BCUT2D eigenvalue weighted by molar-refractivity contribution is -0.156. The first-order chi connectivity index (χ1) is 7.87. The molecule has 0 heterocycles. The summed E-state index contributed by atoms with van der Waals surface area (Å²) in [6, 6.07) is 0. The molecule has 0 unspecified atom stereocenters. The van der Waals surface area contributed by atoms with Crippen molar-refractivity contribution in [2.45, 2.75) is 71.3 Å². The van der Waals surface area contributed by atoms with Crippen LogP contribution in [0, 0.1) is 5.92 Å². The standard InChI is InChI=1S/C14H24O3/c1-14(2,3)17-13(16)10-12(15)9-11-7-5-4-6-8-11/h11H,4-10H2,1-3H3. The summed E-state index contributed by atoms with van der Waals surface area (Å²) in [6.07, 6.45) is 6.51. The molecule has 0 amide bonds. The number of hydrogen-bond acceptors (Lipinski definition) is 3. The zero-order valence-electron chi connectivity index (χ0n) is 11.3. The lowest BCUT2D eigenvalue weighted by Crippen LogP contribution is -2.26. The van der Waals surface area contributed by atoms with E-state index < -0.39 is 11.6 Å². The molecule has 0 N–H and O–H groups in total. The van der Waals surface area contributed by atoms with Crippen molar-refractivity contribution in [2.75, 3.05) is 0 Å². The van der Waals surface area contributed by atoms with Crippen molar-refractivity contribution < 1.29 is 14.3 Å². The summed E-state index contributed by atoms with van der Waals surface area (Å²) in [5.74, 6) is 0.142. The topological polar surface area (TPSA) is 43.4 Å². The van der Waals surface area contributed by atoms with Gasteiger partial charge >= 0.3 is 5.97 Å². The molecule has 1 aliphatic rings. The van der Waals surface area contributed by atoms with Gasteiger partial charge in [0.1, 0.15) is 17.8 Å². The minimum Gasteiger partial charge on any atom is -0.460 e. The average Bonchev–Trinajstić information content (AvgIpc) is 2.15. The predicted octanol–water partition coefficient (Wildman–Crippen LogP) is 3.26. The Hall–Kier alpha value is -0.860. The van der Waals surface area contributed by atoms with Gasteiger partial charge in [0.05, 0.1) is 0 Å². The fourth-order valence-electron chi connectivity index (χ4n) is 2.32. The van der Waals surface area contributed by atoms with Gasteiger partial charge in [0.15, 0.2) is 0 Å². The summed E-state index contributed by atoms with van der Waals surface area (Å²) in [4.78, 5) is 23.2. The first-order valence-electron chi connectivity index (χ1n) is 6.60. The minimum atomic E-state index is -0.498. The largest absolute Gasteiger partial charge is 0.460 e. The van der Waals surface area contributed by atoms with Crippen LogP contribution in [0.1, 0.15) is 65.7 Å². The first-order valence-corrected chi connectivity index (χ1v) is 6.60. The highest BCUT2D eigenvalue weighted by Gasteiger charge is 2.22. The van der Waals surface area contributed by atoms with Gasteiger partial charge in [-0.05, 0) is 26.7 Å². The molecule has 1 rings (SSSR count). The molecule has 0 radical (unpaired) electrons. The summed E-state index contributed by atoms with van der Waals surface area (Å²) in [6.45, 7) is 5.45. The predicted molar refractivity (Wildman–Crippen MR) is 66.7 cm³/mol. The molecule has 1 saturated carbocycles. The minimum absolute atomic E-state index is 0.0335. The second-order valence-electron chi connectivity index (χ2n) is 6.01. The summed E-state index contributed by atoms with van der Waals surface area (Å²) in [7, 11) is 0. The Balaban J connectivity index is 2.26. The second kappa shape index (κ2) is 6.18. The smallest absolute Gasteiger partial charge is 0.313 e. The Morgan fingerprint density at radius 2 is 1.71 bits per heavy atom. The monoisotopic (exact) mass is 240 g/mol. The highest BCUT2D eigenvalue weighted by Crippen LogP contribution is 2.26. The Morgan fingerprint density at radius 3 is 2.24 bits per heavy atom. The maximum Gasteiger partial charge on any atom is 0.313 e. The van der Waals surface area contributed by atoms with Crippen LogP contribution in [0.15, 0.2) is 0 Å². The number of carbonyl (C=O) groups excluding carboxylic acids is 2. The van der Waals surface area contributed by atoms with Crippen molar-refractivity contribution in [3.05, 3.63) is 0 Å². The van der Waals surface area contributed by atoms with E-state index in [0.717, 1.165) is 12.8 Å². The van der Waals surface area contributed by atoms with Crippen molar-refractivity contribution in [3.8, 4) is 0 Å². The number of Topliss-reactive ketones (excluding diaryl/α,β-unsaturated/α-hetero) is 1. The zero-order valence-corrected chi connectivity index (χ0v) is 11.3. The highest BCUT2D eigenvalue weighted by atomic mass is 16.6. The SMILES string of the molecule is CC(C)(C)OC(=O)CC(=O)CC1CCCCC1. The second-order valence-corrected chi connectivity index (χ2v) is 6.01. The number of carbonyl (C=O) groups is 2. The van der Waals surface area contributed by atoms with Crippen molar-refractivity contribution in [1.29, 1.82) is 0 Å². The molecule has 1 fully saturated rings. The van der Waals surface area contributed by atoms with Crippen LogP contribution in [0.25, 0.3) is 0 Å². The van der Waals surface area contributed by atoms with Gasteiger partial charge in [0.2, 0.25) is 0 Å². The Labute approximate surface area is 104 Å². The van der Waals surface area contributed by atoms with Gasteiger partial charge in [-0.25, -0.2) is 0 Å². The van der Waals surface area contributed by atoms with E-state index in [1.54, 1.807) is 0 Å².